The van der Waals surface area contributed by atoms with Crippen LogP contribution in [0.25, 0.3) is 16.9 Å². The fourth-order valence-electron chi connectivity index (χ4n) is 2.68. The first-order valence-electron chi connectivity index (χ1n) is 8.41. The van der Waals surface area contributed by atoms with E-state index in [1.54, 1.807) is 11.9 Å². The number of nitrogens with zero attached hydrogens (tertiary/aromatic N) is 3. The van der Waals surface area contributed by atoms with Gasteiger partial charge in [-0.3, -0.25) is 0 Å². The summed E-state index contributed by atoms with van der Waals surface area (Å²) in [5.74, 6) is 2.40. The molecule has 0 saturated carbocycles. The Kier molecular flexibility index (Phi) is 5.80. The van der Waals surface area contributed by atoms with E-state index in [0.717, 1.165) is 22.5 Å². The molecule has 0 aliphatic carbocycles. The predicted octanol–water partition coefficient (Wildman–Crippen LogP) is 3.97. The number of hydrogen-bond donors (Lipinski definition) is 1. The van der Waals surface area contributed by atoms with Crippen LogP contribution >= 0.6 is 11.6 Å². The minimum absolute atomic E-state index is 0.191. The smallest absolute Gasteiger partial charge is 0.318 e. The van der Waals surface area contributed by atoms with Gasteiger partial charge in [0.1, 0.15) is 0 Å². The summed E-state index contributed by atoms with van der Waals surface area (Å²) in [6, 6.07) is 17.1. The number of nitrogens with one attached hydrogen (secondary N) is 1. The largest absolute Gasteiger partial charge is 0.327 e. The summed E-state index contributed by atoms with van der Waals surface area (Å²) in [6.45, 7) is 0.581. The van der Waals surface area contributed by atoms with Gasteiger partial charge < -0.3 is 10.2 Å². The Bertz CT molecular complexity index is 958. The summed E-state index contributed by atoms with van der Waals surface area (Å²) in [6.07, 6.45) is 7.14. The maximum Gasteiger partial charge on any atom is 0.318 e. The molecule has 0 saturated heterocycles. The number of benzene rings is 2. The lowest BCUT2D eigenvalue weighted by Gasteiger charge is -2.17. The van der Waals surface area contributed by atoms with Gasteiger partial charge in [0.2, 0.25) is 0 Å². The van der Waals surface area contributed by atoms with Crippen molar-refractivity contribution < 1.29 is 4.79 Å². The number of para-hydroxylation sites is 1. The molecule has 1 aromatic heterocycles. The van der Waals surface area contributed by atoms with E-state index in [2.05, 4.69) is 11.2 Å². The van der Waals surface area contributed by atoms with E-state index in [-0.39, 0.29) is 12.6 Å². The zero-order chi connectivity index (χ0) is 19.2. The molecule has 0 fully saturated rings. The zero-order valence-corrected chi connectivity index (χ0v) is 15.6. The molecule has 0 unspecified atom stereocenters. The van der Waals surface area contributed by atoms with Gasteiger partial charge in [-0.15, -0.1) is 6.42 Å². The van der Waals surface area contributed by atoms with Gasteiger partial charge in [0.15, 0.2) is 0 Å². The average molecular weight is 379 g/mol. The minimum Gasteiger partial charge on any atom is -0.327 e. The van der Waals surface area contributed by atoms with Crippen molar-refractivity contribution in [3.8, 4) is 29.3 Å². The molecule has 0 atom stereocenters. The van der Waals surface area contributed by atoms with Crippen LogP contribution in [0.5, 0.6) is 0 Å². The standard InChI is InChI=1S/C21H19ClN4O/c1-3-13-23-21(27)25(2)14-17-15-26(19-7-5-4-6-8-19)24-20(17)16-9-11-18(22)12-10-16/h1,4-12,15H,13-14H2,2H3,(H,23,27). The third kappa shape index (κ3) is 4.49. The van der Waals surface area contributed by atoms with Crippen LogP contribution in [0.3, 0.4) is 0 Å². The summed E-state index contributed by atoms with van der Waals surface area (Å²) < 4.78 is 1.81. The highest BCUT2D eigenvalue weighted by Gasteiger charge is 2.16. The first-order chi connectivity index (χ1) is 13.1. The van der Waals surface area contributed by atoms with Crippen molar-refractivity contribution in [2.24, 2.45) is 0 Å². The van der Waals surface area contributed by atoms with Gasteiger partial charge >= 0.3 is 6.03 Å². The highest BCUT2D eigenvalue weighted by Crippen LogP contribution is 2.26. The van der Waals surface area contributed by atoms with Gasteiger partial charge in [-0.05, 0) is 24.3 Å². The first kappa shape index (κ1) is 18.6. The number of carbonyl (C=O) groups excluding carboxylic acids is 1. The fourth-order valence-corrected chi connectivity index (χ4v) is 2.80. The molecule has 2 amide bonds. The van der Waals surface area contributed by atoms with E-state index in [1.165, 1.54) is 0 Å². The Labute approximate surface area is 163 Å². The number of urea groups is 1. The molecule has 6 heteroatoms. The van der Waals surface area contributed by atoms with Crippen molar-refractivity contribution in [3.63, 3.8) is 0 Å². The van der Waals surface area contributed by atoms with Crippen LogP contribution in [0.15, 0.2) is 60.8 Å². The minimum atomic E-state index is -0.234. The molecule has 27 heavy (non-hydrogen) atoms. The number of halogens is 1. The summed E-state index contributed by atoms with van der Waals surface area (Å²) in [5, 5.41) is 8.06. The molecule has 0 bridgehead atoms. The van der Waals surface area contributed by atoms with Gasteiger partial charge in [-0.2, -0.15) is 5.10 Å². The molecule has 3 aromatic rings. The number of hydrogen-bond acceptors (Lipinski definition) is 2. The van der Waals surface area contributed by atoms with Crippen LogP contribution in [0.4, 0.5) is 4.79 Å². The summed E-state index contributed by atoms with van der Waals surface area (Å²) in [7, 11) is 1.72. The quantitative estimate of drug-likeness (QED) is 0.683. The van der Waals surface area contributed by atoms with Crippen molar-refractivity contribution in [3.05, 3.63) is 71.4 Å². The van der Waals surface area contributed by atoms with Crippen molar-refractivity contribution in [1.82, 2.24) is 20.0 Å². The average Bonchev–Trinajstić information content (AvgIpc) is 3.11. The summed E-state index contributed by atoms with van der Waals surface area (Å²) >= 11 is 6.01. The molecule has 1 heterocycles. The SMILES string of the molecule is C#CCNC(=O)N(C)Cc1cn(-c2ccccc2)nc1-c1ccc(Cl)cc1. The van der Waals surface area contributed by atoms with Crippen molar-refractivity contribution in [1.29, 1.82) is 0 Å². The molecule has 0 radical (unpaired) electrons. The normalized spacial score (nSPS) is 10.3. The highest BCUT2D eigenvalue weighted by atomic mass is 35.5. The second-order valence-electron chi connectivity index (χ2n) is 6.01. The lowest BCUT2D eigenvalue weighted by Crippen LogP contribution is -2.36. The Morgan fingerprint density at radius 3 is 2.59 bits per heavy atom. The maximum atomic E-state index is 12.2. The van der Waals surface area contributed by atoms with Crippen LogP contribution < -0.4 is 5.32 Å². The van der Waals surface area contributed by atoms with Gasteiger partial charge in [-0.1, -0.05) is 47.9 Å². The molecule has 0 aliphatic heterocycles. The molecular formula is C21H19ClN4O. The highest BCUT2D eigenvalue weighted by molar-refractivity contribution is 6.30. The van der Waals surface area contributed by atoms with Crippen molar-refractivity contribution in [2.75, 3.05) is 13.6 Å². The molecule has 2 aromatic carbocycles. The predicted molar refractivity (Wildman–Crippen MR) is 108 cm³/mol. The molecule has 0 aliphatic rings. The Morgan fingerprint density at radius 1 is 1.22 bits per heavy atom. The Hall–Kier alpha value is -3.23. The topological polar surface area (TPSA) is 50.2 Å². The molecule has 136 valence electrons. The number of aromatic nitrogens is 2. The molecule has 5 nitrogen and oxygen atoms in total. The molecular weight excluding hydrogens is 360 g/mol. The second-order valence-corrected chi connectivity index (χ2v) is 6.45. The van der Waals surface area contributed by atoms with Crippen LogP contribution in [-0.2, 0) is 6.54 Å². The van der Waals surface area contributed by atoms with Gasteiger partial charge in [0, 0.05) is 29.4 Å². The fraction of sp³-hybridized carbons (Fsp3) is 0.143. The van der Waals surface area contributed by atoms with E-state index in [0.29, 0.717) is 11.6 Å². The van der Waals surface area contributed by atoms with E-state index in [4.69, 9.17) is 23.1 Å². The summed E-state index contributed by atoms with van der Waals surface area (Å²) in [4.78, 5) is 13.7. The van der Waals surface area contributed by atoms with Crippen LogP contribution in [-0.4, -0.2) is 34.3 Å². The number of terminal acetylenes is 1. The lowest BCUT2D eigenvalue weighted by atomic mass is 10.1. The molecule has 1 N–H and O–H groups in total. The molecule has 0 spiro atoms. The van der Waals surface area contributed by atoms with E-state index in [9.17, 15) is 4.79 Å². The maximum absolute atomic E-state index is 12.2. The van der Waals surface area contributed by atoms with Crippen molar-refractivity contribution in [2.45, 2.75) is 6.54 Å². The first-order valence-corrected chi connectivity index (χ1v) is 8.78. The van der Waals surface area contributed by atoms with Crippen molar-refractivity contribution >= 4 is 17.6 Å². The van der Waals surface area contributed by atoms with E-state index < -0.39 is 0 Å². The van der Waals surface area contributed by atoms with Crippen LogP contribution in [0, 0.1) is 12.3 Å². The number of amides is 2. The monoisotopic (exact) mass is 378 g/mol. The third-order valence-corrected chi connectivity index (χ3v) is 4.28. The zero-order valence-electron chi connectivity index (χ0n) is 14.9. The molecule has 3 rings (SSSR count). The van der Waals surface area contributed by atoms with Crippen LogP contribution in [0.2, 0.25) is 5.02 Å². The Balaban J connectivity index is 1.95. The summed E-state index contributed by atoms with van der Waals surface area (Å²) in [5.41, 5.74) is 3.59. The van der Waals surface area contributed by atoms with Gasteiger partial charge in [0.25, 0.3) is 0 Å². The Morgan fingerprint density at radius 2 is 1.93 bits per heavy atom. The van der Waals surface area contributed by atoms with E-state index >= 15 is 0 Å². The second kappa shape index (κ2) is 8.43. The lowest BCUT2D eigenvalue weighted by molar-refractivity contribution is 0.208. The van der Waals surface area contributed by atoms with Gasteiger partial charge in [-0.25, -0.2) is 9.48 Å². The third-order valence-electron chi connectivity index (χ3n) is 4.02. The van der Waals surface area contributed by atoms with Gasteiger partial charge in [0.05, 0.1) is 24.5 Å². The van der Waals surface area contributed by atoms with E-state index in [1.807, 2.05) is 65.5 Å². The van der Waals surface area contributed by atoms with Crippen LogP contribution in [0.1, 0.15) is 5.56 Å². The number of carbonyl (C=O) groups is 1. The number of rotatable bonds is 5.